The maximum atomic E-state index is 13.9. The predicted octanol–water partition coefficient (Wildman–Crippen LogP) is 3.74. The number of rotatable bonds is 6. The molecule has 6 nitrogen and oxygen atoms in total. The summed E-state index contributed by atoms with van der Waals surface area (Å²) in [7, 11) is -3.98. The molecule has 2 aromatic carbocycles. The molecule has 0 fully saturated rings. The number of nitrogens with zero attached hydrogens (tertiary/aromatic N) is 1. The summed E-state index contributed by atoms with van der Waals surface area (Å²) in [5, 5.41) is 0.185. The fourth-order valence-electron chi connectivity index (χ4n) is 2.51. The number of carbonyl (C=O) groups is 1. The van der Waals surface area contributed by atoms with Crippen LogP contribution in [0.2, 0.25) is 0 Å². The monoisotopic (exact) mass is 388 g/mol. The molecule has 0 atom stereocenters. The number of benzene rings is 2. The molecule has 1 heterocycles. The van der Waals surface area contributed by atoms with Crippen LogP contribution in [0.4, 0.5) is 10.1 Å². The highest BCUT2D eigenvalue weighted by Crippen LogP contribution is 2.25. The second kappa shape index (κ2) is 7.71. The number of nitrogens with one attached hydrogen (secondary N) is 1. The molecule has 140 valence electrons. The number of sulfonamides is 1. The lowest BCUT2D eigenvalue weighted by Gasteiger charge is -2.11. The standard InChI is InChI=1S/C19H17FN2O4S/c1-2-12-26-19(23)13-5-7-14(8-6-13)22-27(24,25)17-10-9-16(20)18-15(17)4-3-11-21-18/h3-11,22H,2,12H2,1H3. The van der Waals surface area contributed by atoms with Gasteiger partial charge in [-0.05, 0) is 55.0 Å². The quantitative estimate of drug-likeness (QED) is 0.650. The zero-order chi connectivity index (χ0) is 19.4. The largest absolute Gasteiger partial charge is 0.462 e. The number of hydrogen-bond acceptors (Lipinski definition) is 5. The Bertz CT molecular complexity index is 1080. The van der Waals surface area contributed by atoms with Gasteiger partial charge < -0.3 is 4.74 Å². The van der Waals surface area contributed by atoms with Gasteiger partial charge in [-0.1, -0.05) is 6.92 Å². The average Bonchev–Trinajstić information content (AvgIpc) is 2.66. The van der Waals surface area contributed by atoms with Crippen LogP contribution in [0.1, 0.15) is 23.7 Å². The lowest BCUT2D eigenvalue weighted by molar-refractivity contribution is 0.0505. The van der Waals surface area contributed by atoms with E-state index in [2.05, 4.69) is 9.71 Å². The van der Waals surface area contributed by atoms with Crippen molar-refractivity contribution in [2.45, 2.75) is 18.2 Å². The van der Waals surface area contributed by atoms with Gasteiger partial charge in [-0.2, -0.15) is 0 Å². The van der Waals surface area contributed by atoms with Crippen LogP contribution in [0.25, 0.3) is 10.9 Å². The van der Waals surface area contributed by atoms with Gasteiger partial charge in [0.2, 0.25) is 0 Å². The van der Waals surface area contributed by atoms with Gasteiger partial charge in [-0.25, -0.2) is 17.6 Å². The minimum absolute atomic E-state index is 0.0191. The van der Waals surface area contributed by atoms with Crippen LogP contribution in [0, 0.1) is 5.82 Å². The van der Waals surface area contributed by atoms with Gasteiger partial charge in [-0.15, -0.1) is 0 Å². The van der Waals surface area contributed by atoms with E-state index >= 15 is 0 Å². The summed E-state index contributed by atoms with van der Waals surface area (Å²) in [5.41, 5.74) is 0.570. The van der Waals surface area contributed by atoms with E-state index in [1.54, 1.807) is 0 Å². The number of ether oxygens (including phenoxy) is 1. The van der Waals surface area contributed by atoms with Crippen LogP contribution in [0.15, 0.2) is 59.6 Å². The van der Waals surface area contributed by atoms with Crippen LogP contribution in [0.5, 0.6) is 0 Å². The Kier molecular flexibility index (Phi) is 5.36. The number of carbonyl (C=O) groups excluding carboxylic acids is 1. The number of pyridine rings is 1. The number of hydrogen-bond donors (Lipinski definition) is 1. The van der Waals surface area contributed by atoms with E-state index in [0.717, 1.165) is 6.07 Å². The van der Waals surface area contributed by atoms with Crippen molar-refractivity contribution in [2.24, 2.45) is 0 Å². The lowest BCUT2D eigenvalue weighted by Crippen LogP contribution is -2.14. The maximum Gasteiger partial charge on any atom is 0.338 e. The van der Waals surface area contributed by atoms with Gasteiger partial charge in [0, 0.05) is 17.3 Å². The van der Waals surface area contributed by atoms with Crippen LogP contribution in [-0.2, 0) is 14.8 Å². The van der Waals surface area contributed by atoms with Crippen molar-refractivity contribution in [1.82, 2.24) is 4.98 Å². The van der Waals surface area contributed by atoms with Gasteiger partial charge in [-0.3, -0.25) is 9.71 Å². The van der Waals surface area contributed by atoms with Crippen molar-refractivity contribution in [3.05, 3.63) is 66.1 Å². The molecule has 0 radical (unpaired) electrons. The summed E-state index contributed by atoms with van der Waals surface area (Å²) in [5.74, 6) is -1.07. The number of fused-ring (bicyclic) bond motifs is 1. The molecule has 0 spiro atoms. The summed E-state index contributed by atoms with van der Waals surface area (Å²) in [6, 6.07) is 11.2. The summed E-state index contributed by atoms with van der Waals surface area (Å²) < 4.78 is 46.8. The Labute approximate surface area is 156 Å². The molecular formula is C19H17FN2O4S. The Morgan fingerprint density at radius 3 is 2.59 bits per heavy atom. The molecule has 1 aromatic heterocycles. The van der Waals surface area contributed by atoms with E-state index in [1.165, 1.54) is 48.7 Å². The van der Waals surface area contributed by atoms with Crippen molar-refractivity contribution < 1.29 is 22.3 Å². The van der Waals surface area contributed by atoms with Crippen molar-refractivity contribution in [3.8, 4) is 0 Å². The van der Waals surface area contributed by atoms with E-state index in [1.807, 2.05) is 6.92 Å². The molecule has 0 aliphatic carbocycles. The zero-order valence-electron chi connectivity index (χ0n) is 14.5. The molecule has 0 aliphatic heterocycles. The molecule has 0 saturated heterocycles. The minimum atomic E-state index is -3.98. The van der Waals surface area contributed by atoms with Gasteiger partial charge in [0.25, 0.3) is 10.0 Å². The van der Waals surface area contributed by atoms with Crippen LogP contribution >= 0.6 is 0 Å². The SMILES string of the molecule is CCCOC(=O)c1ccc(NS(=O)(=O)c2ccc(F)c3ncccc23)cc1. The molecule has 27 heavy (non-hydrogen) atoms. The summed E-state index contributed by atoms with van der Waals surface area (Å²) in [6.45, 7) is 2.21. The Hall–Kier alpha value is -3.00. The maximum absolute atomic E-state index is 13.9. The second-order valence-corrected chi connectivity index (χ2v) is 7.41. The molecule has 3 aromatic rings. The van der Waals surface area contributed by atoms with E-state index in [0.29, 0.717) is 18.6 Å². The Morgan fingerprint density at radius 1 is 1.15 bits per heavy atom. The van der Waals surface area contributed by atoms with Crippen molar-refractivity contribution in [3.63, 3.8) is 0 Å². The van der Waals surface area contributed by atoms with E-state index in [4.69, 9.17) is 4.74 Å². The van der Waals surface area contributed by atoms with E-state index < -0.39 is 21.8 Å². The molecule has 0 saturated carbocycles. The smallest absolute Gasteiger partial charge is 0.338 e. The lowest BCUT2D eigenvalue weighted by atomic mass is 10.2. The van der Waals surface area contributed by atoms with Crippen LogP contribution in [0.3, 0.4) is 0 Å². The van der Waals surface area contributed by atoms with E-state index in [9.17, 15) is 17.6 Å². The van der Waals surface area contributed by atoms with Crippen molar-refractivity contribution in [2.75, 3.05) is 11.3 Å². The minimum Gasteiger partial charge on any atom is -0.462 e. The summed E-state index contributed by atoms with van der Waals surface area (Å²) >= 11 is 0. The number of anilines is 1. The molecule has 0 bridgehead atoms. The highest BCUT2D eigenvalue weighted by atomic mass is 32.2. The van der Waals surface area contributed by atoms with Crippen LogP contribution in [-0.4, -0.2) is 26.0 Å². The third-order valence-electron chi connectivity index (χ3n) is 3.78. The average molecular weight is 388 g/mol. The van der Waals surface area contributed by atoms with Gasteiger partial charge in [0.05, 0.1) is 17.1 Å². The van der Waals surface area contributed by atoms with Crippen LogP contribution < -0.4 is 4.72 Å². The first-order valence-corrected chi connectivity index (χ1v) is 9.74. The predicted molar refractivity (Wildman–Crippen MR) is 99.5 cm³/mol. The highest BCUT2D eigenvalue weighted by Gasteiger charge is 2.20. The fraction of sp³-hybridized carbons (Fsp3) is 0.158. The zero-order valence-corrected chi connectivity index (χ0v) is 15.3. The topological polar surface area (TPSA) is 85.4 Å². The first kappa shape index (κ1) is 18.8. The summed E-state index contributed by atoms with van der Waals surface area (Å²) in [6.07, 6.45) is 2.11. The van der Waals surface area contributed by atoms with Crippen molar-refractivity contribution in [1.29, 1.82) is 0 Å². The number of aromatic nitrogens is 1. The molecule has 1 N–H and O–H groups in total. The van der Waals surface area contributed by atoms with Gasteiger partial charge in [0.1, 0.15) is 11.3 Å². The number of halogens is 1. The third-order valence-corrected chi connectivity index (χ3v) is 5.22. The normalized spacial score (nSPS) is 11.3. The Morgan fingerprint density at radius 2 is 1.89 bits per heavy atom. The van der Waals surface area contributed by atoms with Crippen molar-refractivity contribution >= 4 is 32.6 Å². The van der Waals surface area contributed by atoms with Gasteiger partial charge >= 0.3 is 5.97 Å². The molecule has 0 aliphatic rings. The fourth-order valence-corrected chi connectivity index (χ4v) is 3.77. The molecule has 8 heteroatoms. The first-order valence-electron chi connectivity index (χ1n) is 8.25. The number of esters is 1. The summed E-state index contributed by atoms with van der Waals surface area (Å²) in [4.78, 5) is 15.6. The molecule has 3 rings (SSSR count). The Balaban J connectivity index is 1.87. The third kappa shape index (κ3) is 4.06. The van der Waals surface area contributed by atoms with E-state index in [-0.39, 0.29) is 21.5 Å². The van der Waals surface area contributed by atoms with Gasteiger partial charge in [0.15, 0.2) is 0 Å². The highest BCUT2D eigenvalue weighted by molar-refractivity contribution is 7.93. The first-order chi connectivity index (χ1) is 12.9. The second-order valence-electron chi connectivity index (χ2n) is 5.76. The molecule has 0 amide bonds. The molecule has 0 unspecified atom stereocenters. The molecular weight excluding hydrogens is 371 g/mol.